The minimum absolute atomic E-state index is 0.0400. The lowest BCUT2D eigenvalue weighted by atomic mass is 9.75. The largest absolute Gasteiger partial charge is 0.338 e. The lowest BCUT2D eigenvalue weighted by Crippen LogP contribution is -2.44. The van der Waals surface area contributed by atoms with E-state index in [9.17, 15) is 13.2 Å². The number of amides is 1. The van der Waals surface area contributed by atoms with Gasteiger partial charge in [0.15, 0.2) is 0 Å². The summed E-state index contributed by atoms with van der Waals surface area (Å²) in [6.07, 6.45) is 7.33. The zero-order valence-corrected chi connectivity index (χ0v) is 18.5. The Morgan fingerprint density at radius 2 is 1.52 bits per heavy atom. The molecular formula is C23H34N2O3S. The number of hydrogen-bond donors (Lipinski definition) is 0. The number of piperidine rings is 2. The van der Waals surface area contributed by atoms with Gasteiger partial charge in [-0.15, -0.1) is 0 Å². The van der Waals surface area contributed by atoms with Crippen molar-refractivity contribution in [2.45, 2.75) is 57.3 Å². The highest BCUT2D eigenvalue weighted by molar-refractivity contribution is 7.89. The number of fused-ring (bicyclic) bond motifs is 1. The third-order valence-corrected chi connectivity index (χ3v) is 9.00. The van der Waals surface area contributed by atoms with Crippen molar-refractivity contribution in [3.05, 3.63) is 29.8 Å². The van der Waals surface area contributed by atoms with Crippen LogP contribution in [0.2, 0.25) is 0 Å². The van der Waals surface area contributed by atoms with Crippen LogP contribution in [0.3, 0.4) is 0 Å². The van der Waals surface area contributed by atoms with Crippen molar-refractivity contribution in [1.29, 1.82) is 0 Å². The van der Waals surface area contributed by atoms with Crippen LogP contribution in [0, 0.1) is 23.7 Å². The Kier molecular flexibility index (Phi) is 6.03. The quantitative estimate of drug-likeness (QED) is 0.745. The van der Waals surface area contributed by atoms with E-state index >= 15 is 0 Å². The second-order valence-corrected chi connectivity index (χ2v) is 11.6. The van der Waals surface area contributed by atoms with E-state index in [1.807, 2.05) is 4.90 Å². The second kappa shape index (κ2) is 8.38. The molecule has 0 N–H and O–H groups in total. The average molecular weight is 419 g/mol. The van der Waals surface area contributed by atoms with E-state index in [2.05, 4.69) is 13.8 Å². The molecule has 5 nitrogen and oxygen atoms in total. The van der Waals surface area contributed by atoms with Crippen molar-refractivity contribution in [3.63, 3.8) is 0 Å². The lowest BCUT2D eigenvalue weighted by molar-refractivity contribution is 0.0521. The number of rotatable bonds is 3. The highest BCUT2D eigenvalue weighted by Gasteiger charge is 2.34. The summed E-state index contributed by atoms with van der Waals surface area (Å²) in [5.74, 6) is 2.21. The van der Waals surface area contributed by atoms with E-state index in [4.69, 9.17) is 0 Å². The standard InChI is InChI=1S/C23H34N2O3S/c1-17-13-18(2)15-25(14-17)29(27,28)22-9-7-20(8-10-22)23(26)24-12-11-19-5-3-4-6-21(19)16-24/h7-10,17-19,21H,3-6,11-16H2,1-2H3/t17-,18-,19-,21+/m0/s1. The SMILES string of the molecule is C[C@H]1C[C@H](C)CN(S(=O)(=O)c2ccc(C(=O)N3CC[C@@H]4CCCC[C@@H]4C3)cc2)C1. The average Bonchev–Trinajstić information content (AvgIpc) is 2.72. The molecule has 3 aliphatic rings. The van der Waals surface area contributed by atoms with E-state index in [0.29, 0.717) is 41.3 Å². The Hall–Kier alpha value is -1.40. The van der Waals surface area contributed by atoms with Crippen LogP contribution >= 0.6 is 0 Å². The van der Waals surface area contributed by atoms with Gasteiger partial charge in [-0.1, -0.05) is 33.1 Å². The van der Waals surface area contributed by atoms with Gasteiger partial charge >= 0.3 is 0 Å². The number of benzene rings is 1. The normalized spacial score (nSPS) is 31.3. The van der Waals surface area contributed by atoms with E-state index in [1.54, 1.807) is 28.6 Å². The minimum Gasteiger partial charge on any atom is -0.338 e. The number of nitrogens with zero attached hydrogens (tertiary/aromatic N) is 2. The van der Waals surface area contributed by atoms with Gasteiger partial charge in [-0.2, -0.15) is 4.31 Å². The first-order valence-corrected chi connectivity index (χ1v) is 12.7. The van der Waals surface area contributed by atoms with Crippen LogP contribution in [-0.4, -0.2) is 49.7 Å². The van der Waals surface area contributed by atoms with Crippen LogP contribution in [-0.2, 0) is 10.0 Å². The van der Waals surface area contributed by atoms with E-state index in [0.717, 1.165) is 31.8 Å². The Morgan fingerprint density at radius 1 is 0.897 bits per heavy atom. The Bertz CT molecular complexity index is 826. The molecule has 1 aromatic rings. The third kappa shape index (κ3) is 4.38. The molecule has 1 aromatic carbocycles. The number of carbonyl (C=O) groups is 1. The summed E-state index contributed by atoms with van der Waals surface area (Å²) in [6.45, 7) is 7.04. The molecule has 4 rings (SSSR count). The number of hydrogen-bond acceptors (Lipinski definition) is 3. The van der Waals surface area contributed by atoms with Gasteiger partial charge in [0.05, 0.1) is 4.90 Å². The maximum absolute atomic E-state index is 13.0. The van der Waals surface area contributed by atoms with Gasteiger partial charge in [-0.05, 0) is 67.2 Å². The summed E-state index contributed by atoms with van der Waals surface area (Å²) in [4.78, 5) is 15.3. The van der Waals surface area contributed by atoms with Crippen LogP contribution in [0.25, 0.3) is 0 Å². The molecule has 29 heavy (non-hydrogen) atoms. The fraction of sp³-hybridized carbons (Fsp3) is 0.696. The molecule has 160 valence electrons. The molecule has 1 aliphatic carbocycles. The van der Waals surface area contributed by atoms with Crippen LogP contribution in [0.1, 0.15) is 62.7 Å². The fourth-order valence-electron chi connectivity index (χ4n) is 5.69. The predicted molar refractivity (Wildman–Crippen MR) is 114 cm³/mol. The first-order chi connectivity index (χ1) is 13.8. The summed E-state index contributed by atoms with van der Waals surface area (Å²) in [7, 11) is -3.50. The Morgan fingerprint density at radius 3 is 2.17 bits per heavy atom. The zero-order valence-electron chi connectivity index (χ0n) is 17.7. The number of carbonyl (C=O) groups excluding carboxylic acids is 1. The van der Waals surface area contributed by atoms with E-state index < -0.39 is 10.0 Å². The van der Waals surface area contributed by atoms with Gasteiger partial charge in [0.25, 0.3) is 5.91 Å². The molecule has 6 heteroatoms. The fourth-order valence-corrected chi connectivity index (χ4v) is 7.37. The third-order valence-electron chi connectivity index (χ3n) is 7.15. The van der Waals surface area contributed by atoms with Gasteiger partial charge in [0.2, 0.25) is 10.0 Å². The molecular weight excluding hydrogens is 384 g/mol. The smallest absolute Gasteiger partial charge is 0.253 e. The van der Waals surface area contributed by atoms with Crippen molar-refractivity contribution < 1.29 is 13.2 Å². The molecule has 0 spiro atoms. The lowest BCUT2D eigenvalue weighted by Gasteiger charge is -2.41. The Balaban J connectivity index is 1.45. The van der Waals surface area contributed by atoms with Crippen LogP contribution in [0.15, 0.2) is 29.2 Å². The van der Waals surface area contributed by atoms with E-state index in [-0.39, 0.29) is 5.91 Å². The highest BCUT2D eigenvalue weighted by atomic mass is 32.2. The molecule has 4 atom stereocenters. The number of sulfonamides is 1. The Labute approximate surface area is 175 Å². The second-order valence-electron chi connectivity index (χ2n) is 9.64. The molecule has 2 heterocycles. The first kappa shape index (κ1) is 20.9. The topological polar surface area (TPSA) is 57.7 Å². The molecule has 3 fully saturated rings. The van der Waals surface area contributed by atoms with Crippen molar-refractivity contribution >= 4 is 15.9 Å². The predicted octanol–water partition coefficient (Wildman–Crippen LogP) is 4.01. The number of likely N-dealkylation sites (tertiary alicyclic amines) is 1. The van der Waals surface area contributed by atoms with Crippen molar-refractivity contribution in [2.75, 3.05) is 26.2 Å². The maximum Gasteiger partial charge on any atom is 0.253 e. The van der Waals surface area contributed by atoms with Crippen molar-refractivity contribution in [1.82, 2.24) is 9.21 Å². The van der Waals surface area contributed by atoms with Crippen LogP contribution in [0.5, 0.6) is 0 Å². The van der Waals surface area contributed by atoms with Gasteiger partial charge in [-0.3, -0.25) is 4.79 Å². The summed E-state index contributed by atoms with van der Waals surface area (Å²) < 4.78 is 27.7. The minimum atomic E-state index is -3.50. The van der Waals surface area contributed by atoms with Gasteiger partial charge in [-0.25, -0.2) is 8.42 Å². The van der Waals surface area contributed by atoms with Gasteiger partial charge < -0.3 is 4.90 Å². The molecule has 1 amide bonds. The van der Waals surface area contributed by atoms with Crippen LogP contribution in [0.4, 0.5) is 0 Å². The summed E-state index contributed by atoms with van der Waals surface area (Å²) >= 11 is 0. The van der Waals surface area contributed by atoms with Crippen LogP contribution < -0.4 is 0 Å². The zero-order chi connectivity index (χ0) is 20.6. The van der Waals surface area contributed by atoms with Gasteiger partial charge in [0.1, 0.15) is 0 Å². The highest BCUT2D eigenvalue weighted by Crippen LogP contribution is 2.36. The summed E-state index contributed by atoms with van der Waals surface area (Å²) in [5, 5.41) is 0. The maximum atomic E-state index is 13.0. The van der Waals surface area contributed by atoms with Crippen molar-refractivity contribution in [3.8, 4) is 0 Å². The molecule has 0 aromatic heterocycles. The summed E-state index contributed by atoms with van der Waals surface area (Å²) in [6, 6.07) is 6.61. The molecule has 1 saturated carbocycles. The molecule has 0 unspecified atom stereocenters. The molecule has 2 saturated heterocycles. The first-order valence-electron chi connectivity index (χ1n) is 11.2. The molecule has 2 aliphatic heterocycles. The molecule has 0 radical (unpaired) electrons. The molecule has 0 bridgehead atoms. The summed E-state index contributed by atoms with van der Waals surface area (Å²) in [5.41, 5.74) is 0.596. The van der Waals surface area contributed by atoms with Gasteiger partial charge in [0, 0.05) is 31.7 Å². The van der Waals surface area contributed by atoms with E-state index in [1.165, 1.54) is 25.7 Å². The monoisotopic (exact) mass is 418 g/mol. The van der Waals surface area contributed by atoms with Crippen molar-refractivity contribution in [2.24, 2.45) is 23.7 Å².